The number of hydrogen-bond donors (Lipinski definition) is 1. The summed E-state index contributed by atoms with van der Waals surface area (Å²) in [4.78, 5) is 30.4. The maximum atomic E-state index is 12.9. The fourth-order valence-corrected chi connectivity index (χ4v) is 3.23. The second kappa shape index (κ2) is 8.97. The van der Waals surface area contributed by atoms with Gasteiger partial charge in [0.15, 0.2) is 6.61 Å². The van der Waals surface area contributed by atoms with Gasteiger partial charge in [0.25, 0.3) is 11.8 Å². The highest BCUT2D eigenvalue weighted by molar-refractivity contribution is 7.98. The number of benzene rings is 1. The second-order valence-electron chi connectivity index (χ2n) is 6.92. The van der Waals surface area contributed by atoms with Crippen LogP contribution in [0.3, 0.4) is 0 Å². The number of carbonyl (C=O) groups is 2. The molecule has 150 valence electrons. The third kappa shape index (κ3) is 5.06. The van der Waals surface area contributed by atoms with Gasteiger partial charge >= 0.3 is 0 Å². The quantitative estimate of drug-likeness (QED) is 0.704. The van der Waals surface area contributed by atoms with Gasteiger partial charge in [0.2, 0.25) is 0 Å². The molecule has 0 unspecified atom stereocenters. The number of ether oxygens (including phenoxy) is 1. The summed E-state index contributed by atoms with van der Waals surface area (Å²) < 4.78 is 5.43. The average molecular weight is 410 g/mol. The van der Waals surface area contributed by atoms with Crippen LogP contribution in [-0.4, -0.2) is 48.7 Å². The lowest BCUT2D eigenvalue weighted by Gasteiger charge is -2.13. The van der Waals surface area contributed by atoms with Crippen molar-refractivity contribution in [1.82, 2.24) is 9.88 Å². The Labute approximate surface area is 174 Å². The lowest BCUT2D eigenvalue weighted by molar-refractivity contribution is -0.130. The van der Waals surface area contributed by atoms with Gasteiger partial charge in [-0.2, -0.15) is 5.26 Å². The minimum Gasteiger partial charge on any atom is -0.484 e. The second-order valence-corrected chi connectivity index (χ2v) is 7.72. The zero-order valence-corrected chi connectivity index (χ0v) is 17.4. The van der Waals surface area contributed by atoms with Gasteiger partial charge in [0, 0.05) is 31.4 Å². The molecule has 2 amide bonds. The van der Waals surface area contributed by atoms with Crippen LogP contribution in [0.1, 0.15) is 40.4 Å². The molecule has 1 aromatic heterocycles. The zero-order valence-electron chi connectivity index (χ0n) is 16.6. The summed E-state index contributed by atoms with van der Waals surface area (Å²) in [6, 6.07) is 10.6. The fraction of sp³-hybridized carbons (Fsp3) is 0.333. The minimum atomic E-state index is -0.349. The summed E-state index contributed by atoms with van der Waals surface area (Å²) in [7, 11) is 3.33. The van der Waals surface area contributed by atoms with Crippen molar-refractivity contribution in [3.05, 3.63) is 47.2 Å². The summed E-state index contributed by atoms with van der Waals surface area (Å²) in [6.07, 6.45) is 3.97. The zero-order chi connectivity index (χ0) is 21.0. The molecule has 7 nitrogen and oxygen atoms in total. The van der Waals surface area contributed by atoms with Gasteiger partial charge in [0.05, 0.1) is 11.1 Å². The van der Waals surface area contributed by atoms with Gasteiger partial charge in [0.1, 0.15) is 16.8 Å². The van der Waals surface area contributed by atoms with Crippen LogP contribution in [0.5, 0.6) is 5.75 Å². The smallest absolute Gasteiger partial charge is 0.259 e. The van der Waals surface area contributed by atoms with Gasteiger partial charge in [-0.25, -0.2) is 4.98 Å². The molecule has 0 bridgehead atoms. The van der Waals surface area contributed by atoms with Crippen molar-refractivity contribution in [2.24, 2.45) is 0 Å². The number of carbonyl (C=O) groups excluding carboxylic acids is 2. The SMILES string of the molecule is CSc1nc(C2CC2)cc(C(=O)Nc2ccc(OCC(=O)N(C)C)cc2)c1C#N. The van der Waals surface area contributed by atoms with Crippen molar-refractivity contribution in [3.8, 4) is 11.8 Å². The van der Waals surface area contributed by atoms with E-state index in [-0.39, 0.29) is 18.4 Å². The maximum Gasteiger partial charge on any atom is 0.259 e. The third-order valence-electron chi connectivity index (χ3n) is 4.52. The highest BCUT2D eigenvalue weighted by Gasteiger charge is 2.28. The lowest BCUT2D eigenvalue weighted by atomic mass is 10.1. The molecule has 8 heteroatoms. The first-order valence-corrected chi connectivity index (χ1v) is 10.4. The topological polar surface area (TPSA) is 95.3 Å². The monoisotopic (exact) mass is 410 g/mol. The van der Waals surface area contributed by atoms with Crippen LogP contribution >= 0.6 is 11.8 Å². The number of pyridine rings is 1. The maximum absolute atomic E-state index is 12.9. The van der Waals surface area contributed by atoms with E-state index in [4.69, 9.17) is 4.74 Å². The standard InChI is InChI=1S/C21H22N4O3S/c1-25(2)19(26)12-28-15-8-6-14(7-9-15)23-20(27)16-10-18(13-4-5-13)24-21(29-3)17(16)11-22/h6-10,13H,4-5,12H2,1-3H3,(H,23,27). The highest BCUT2D eigenvalue weighted by atomic mass is 32.2. The first-order chi connectivity index (χ1) is 13.9. The number of nitrogens with zero attached hydrogens (tertiary/aromatic N) is 3. The first-order valence-electron chi connectivity index (χ1n) is 9.16. The fourth-order valence-electron chi connectivity index (χ4n) is 2.67. The average Bonchev–Trinajstić information content (AvgIpc) is 3.57. The van der Waals surface area contributed by atoms with Gasteiger partial charge in [-0.15, -0.1) is 11.8 Å². The lowest BCUT2D eigenvalue weighted by Crippen LogP contribution is -2.27. The number of nitriles is 1. The number of thioether (sulfide) groups is 1. The van der Waals surface area contributed by atoms with Crippen LogP contribution in [0.2, 0.25) is 0 Å². The van der Waals surface area contributed by atoms with Crippen LogP contribution < -0.4 is 10.1 Å². The molecule has 2 aromatic rings. The Morgan fingerprint density at radius 2 is 2.00 bits per heavy atom. The van der Waals surface area contributed by atoms with Gasteiger partial charge in [-0.1, -0.05) is 0 Å². The van der Waals surface area contributed by atoms with E-state index in [9.17, 15) is 14.9 Å². The third-order valence-corrected chi connectivity index (χ3v) is 5.21. The normalized spacial score (nSPS) is 12.8. The molecule has 0 saturated heterocycles. The molecule has 0 aliphatic heterocycles. The van der Waals surface area contributed by atoms with Gasteiger partial charge in [-0.3, -0.25) is 9.59 Å². The summed E-state index contributed by atoms with van der Waals surface area (Å²) in [5, 5.41) is 12.9. The summed E-state index contributed by atoms with van der Waals surface area (Å²) >= 11 is 1.37. The molecule has 1 heterocycles. The van der Waals surface area contributed by atoms with Gasteiger partial charge in [-0.05, 0) is 49.4 Å². The molecule has 0 spiro atoms. The summed E-state index contributed by atoms with van der Waals surface area (Å²) in [5.41, 5.74) is 2.07. The number of nitrogens with one attached hydrogen (secondary N) is 1. The Hall–Kier alpha value is -3.05. The van der Waals surface area contributed by atoms with E-state index in [0.29, 0.717) is 33.5 Å². The molecule has 1 aliphatic rings. The predicted molar refractivity (Wildman–Crippen MR) is 111 cm³/mol. The highest BCUT2D eigenvalue weighted by Crippen LogP contribution is 2.40. The van der Waals surface area contributed by atoms with Crippen LogP contribution in [0, 0.1) is 11.3 Å². The van der Waals surface area contributed by atoms with E-state index in [2.05, 4.69) is 16.4 Å². The number of anilines is 1. The number of amides is 2. The molecule has 3 rings (SSSR count). The molecule has 29 heavy (non-hydrogen) atoms. The van der Waals surface area contributed by atoms with Crippen molar-refractivity contribution in [2.75, 3.05) is 32.3 Å². The molecule has 0 radical (unpaired) electrons. The summed E-state index contributed by atoms with van der Waals surface area (Å²) in [5.74, 6) is 0.416. The van der Waals surface area contributed by atoms with E-state index in [1.54, 1.807) is 44.4 Å². The molecule has 0 atom stereocenters. The molecule has 1 aromatic carbocycles. The van der Waals surface area contributed by atoms with E-state index >= 15 is 0 Å². The van der Waals surface area contributed by atoms with E-state index in [0.717, 1.165) is 18.5 Å². The Balaban J connectivity index is 1.74. The largest absolute Gasteiger partial charge is 0.484 e. The van der Waals surface area contributed by atoms with E-state index in [1.807, 2.05) is 6.26 Å². The molecular formula is C21H22N4O3S. The number of likely N-dealkylation sites (N-methyl/N-ethyl adjacent to an activating group) is 1. The molecular weight excluding hydrogens is 388 g/mol. The van der Waals surface area contributed by atoms with Crippen molar-refractivity contribution < 1.29 is 14.3 Å². The van der Waals surface area contributed by atoms with Crippen LogP contribution in [0.25, 0.3) is 0 Å². The molecule has 1 N–H and O–H groups in total. The van der Waals surface area contributed by atoms with Crippen molar-refractivity contribution in [1.29, 1.82) is 5.26 Å². The Morgan fingerprint density at radius 3 is 2.55 bits per heavy atom. The molecule has 1 aliphatic carbocycles. The van der Waals surface area contributed by atoms with E-state index in [1.165, 1.54) is 16.7 Å². The number of hydrogen-bond acceptors (Lipinski definition) is 6. The van der Waals surface area contributed by atoms with Crippen LogP contribution in [0.15, 0.2) is 35.4 Å². The molecule has 1 fully saturated rings. The van der Waals surface area contributed by atoms with Crippen molar-refractivity contribution >= 4 is 29.3 Å². The van der Waals surface area contributed by atoms with Crippen molar-refractivity contribution in [2.45, 2.75) is 23.8 Å². The van der Waals surface area contributed by atoms with Gasteiger partial charge < -0.3 is 15.0 Å². The Kier molecular flexibility index (Phi) is 6.39. The Bertz CT molecular complexity index is 963. The first kappa shape index (κ1) is 20.7. The van der Waals surface area contributed by atoms with Crippen LogP contribution in [0.4, 0.5) is 5.69 Å². The summed E-state index contributed by atoms with van der Waals surface area (Å²) in [6.45, 7) is -0.0529. The molecule has 1 saturated carbocycles. The predicted octanol–water partition coefficient (Wildman–Crippen LogP) is 3.27. The number of rotatable bonds is 7. The van der Waals surface area contributed by atoms with Crippen molar-refractivity contribution in [3.63, 3.8) is 0 Å². The minimum absolute atomic E-state index is 0.0529. The van der Waals surface area contributed by atoms with E-state index < -0.39 is 0 Å². The Morgan fingerprint density at radius 1 is 1.31 bits per heavy atom. The number of aromatic nitrogens is 1. The van der Waals surface area contributed by atoms with Crippen LogP contribution in [-0.2, 0) is 4.79 Å².